The van der Waals surface area contributed by atoms with Gasteiger partial charge >= 0.3 is 5.97 Å². The number of hydrogen-bond donors (Lipinski definition) is 1. The summed E-state index contributed by atoms with van der Waals surface area (Å²) in [5.41, 5.74) is 1.14. The molecule has 0 radical (unpaired) electrons. The molecule has 5 heteroatoms. The average molecular weight is 251 g/mol. The Balaban J connectivity index is 2.93. The van der Waals surface area contributed by atoms with Crippen molar-refractivity contribution in [3.63, 3.8) is 0 Å². The average Bonchev–Trinajstić information content (AvgIpc) is 2.34. The molecule has 0 atom stereocenters. The van der Waals surface area contributed by atoms with Crippen molar-refractivity contribution >= 4 is 11.9 Å². The summed E-state index contributed by atoms with van der Waals surface area (Å²) in [4.78, 5) is 24.8. The van der Waals surface area contributed by atoms with Gasteiger partial charge in [-0.2, -0.15) is 0 Å². The number of hydrogen-bond acceptors (Lipinski definition) is 4. The van der Waals surface area contributed by atoms with Crippen molar-refractivity contribution in [1.29, 1.82) is 0 Å². The van der Waals surface area contributed by atoms with E-state index in [1.165, 1.54) is 24.1 Å². The number of phenolic OH excluding ortho intramolecular Hbond substituents is 1. The van der Waals surface area contributed by atoms with Gasteiger partial charge in [-0.05, 0) is 37.6 Å². The highest BCUT2D eigenvalue weighted by Crippen LogP contribution is 2.17. The number of ether oxygens (including phenoxy) is 1. The molecule has 0 fully saturated rings. The van der Waals surface area contributed by atoms with E-state index in [2.05, 4.69) is 4.74 Å². The van der Waals surface area contributed by atoms with E-state index in [4.69, 9.17) is 0 Å². The van der Waals surface area contributed by atoms with Crippen LogP contribution in [0.5, 0.6) is 5.75 Å². The van der Waals surface area contributed by atoms with Gasteiger partial charge in [-0.3, -0.25) is 9.59 Å². The van der Waals surface area contributed by atoms with E-state index in [1.54, 1.807) is 19.9 Å². The molecule has 0 saturated carbocycles. The summed E-state index contributed by atoms with van der Waals surface area (Å²) in [6.07, 6.45) is 0. The van der Waals surface area contributed by atoms with Crippen LogP contribution in [0.3, 0.4) is 0 Å². The minimum Gasteiger partial charge on any atom is -0.508 e. The van der Waals surface area contributed by atoms with Crippen LogP contribution in [-0.4, -0.2) is 42.1 Å². The van der Waals surface area contributed by atoms with Gasteiger partial charge in [0.15, 0.2) is 0 Å². The van der Waals surface area contributed by atoms with Crippen LogP contribution >= 0.6 is 0 Å². The van der Waals surface area contributed by atoms with E-state index in [1.807, 2.05) is 0 Å². The molecule has 1 N–H and O–H groups in total. The summed E-state index contributed by atoms with van der Waals surface area (Å²) in [6, 6.07) is 4.51. The van der Waals surface area contributed by atoms with Gasteiger partial charge in [0.1, 0.15) is 12.3 Å². The first-order chi connectivity index (χ1) is 8.49. The zero-order chi connectivity index (χ0) is 13.7. The Hall–Kier alpha value is -2.04. The number of methoxy groups -OCH3 is 1. The summed E-state index contributed by atoms with van der Waals surface area (Å²) >= 11 is 0. The lowest BCUT2D eigenvalue weighted by molar-refractivity contribution is -0.141. The third-order valence-electron chi connectivity index (χ3n) is 2.66. The number of benzene rings is 1. The van der Waals surface area contributed by atoms with Gasteiger partial charge in [0.25, 0.3) is 5.91 Å². The molecule has 0 aliphatic rings. The fourth-order valence-electron chi connectivity index (χ4n) is 1.61. The van der Waals surface area contributed by atoms with Crippen molar-refractivity contribution in [2.75, 3.05) is 20.2 Å². The van der Waals surface area contributed by atoms with E-state index < -0.39 is 5.97 Å². The number of rotatable bonds is 4. The fourth-order valence-corrected chi connectivity index (χ4v) is 1.61. The number of phenols is 1. The number of carbonyl (C=O) groups is 2. The van der Waals surface area contributed by atoms with Crippen LogP contribution in [0.15, 0.2) is 18.2 Å². The Morgan fingerprint density at radius 2 is 2.06 bits per heavy atom. The van der Waals surface area contributed by atoms with Gasteiger partial charge < -0.3 is 14.7 Å². The predicted molar refractivity (Wildman–Crippen MR) is 66.4 cm³/mol. The third-order valence-corrected chi connectivity index (χ3v) is 2.66. The Morgan fingerprint density at radius 1 is 1.39 bits per heavy atom. The SMILES string of the molecule is CCN(CC(=O)OC)C(=O)c1ccc(O)cc1C. The van der Waals surface area contributed by atoms with Gasteiger partial charge in [-0.25, -0.2) is 0 Å². The van der Waals surface area contributed by atoms with Crippen LogP contribution in [0.4, 0.5) is 0 Å². The number of amides is 1. The zero-order valence-corrected chi connectivity index (χ0v) is 10.8. The number of esters is 1. The molecule has 0 unspecified atom stereocenters. The molecule has 5 nitrogen and oxygen atoms in total. The molecular weight excluding hydrogens is 234 g/mol. The number of nitrogens with zero attached hydrogens (tertiary/aromatic N) is 1. The highest BCUT2D eigenvalue weighted by atomic mass is 16.5. The molecule has 0 aliphatic heterocycles. The van der Waals surface area contributed by atoms with E-state index >= 15 is 0 Å². The minimum atomic E-state index is -0.457. The van der Waals surface area contributed by atoms with E-state index in [9.17, 15) is 14.7 Å². The van der Waals surface area contributed by atoms with Crippen LogP contribution in [0.2, 0.25) is 0 Å². The molecule has 0 bridgehead atoms. The fraction of sp³-hybridized carbons (Fsp3) is 0.385. The largest absolute Gasteiger partial charge is 0.508 e. The van der Waals surface area contributed by atoms with Crippen LogP contribution in [0.25, 0.3) is 0 Å². The lowest BCUT2D eigenvalue weighted by atomic mass is 10.1. The lowest BCUT2D eigenvalue weighted by Crippen LogP contribution is -2.36. The van der Waals surface area contributed by atoms with Crippen molar-refractivity contribution < 1.29 is 19.4 Å². The molecule has 98 valence electrons. The standard InChI is InChI=1S/C13H17NO4/c1-4-14(8-12(16)18-3)13(17)11-6-5-10(15)7-9(11)2/h5-7,15H,4,8H2,1-3H3. The second-order valence-electron chi connectivity index (χ2n) is 3.89. The maximum absolute atomic E-state index is 12.2. The van der Waals surface area contributed by atoms with Crippen LogP contribution in [0, 0.1) is 6.92 Å². The van der Waals surface area contributed by atoms with E-state index in [0.29, 0.717) is 17.7 Å². The third kappa shape index (κ3) is 3.23. The molecule has 0 heterocycles. The maximum atomic E-state index is 12.2. The molecule has 1 rings (SSSR count). The molecule has 0 spiro atoms. The van der Waals surface area contributed by atoms with E-state index in [-0.39, 0.29) is 18.2 Å². The summed E-state index contributed by atoms with van der Waals surface area (Å²) in [5, 5.41) is 9.30. The Bertz CT molecular complexity index is 456. The second kappa shape index (κ2) is 6.05. The predicted octanol–water partition coefficient (Wildman–Crippen LogP) is 1.34. The van der Waals surface area contributed by atoms with Gasteiger partial charge in [0.05, 0.1) is 7.11 Å². The van der Waals surface area contributed by atoms with Crippen molar-refractivity contribution in [2.45, 2.75) is 13.8 Å². The number of carbonyl (C=O) groups excluding carboxylic acids is 2. The normalized spacial score (nSPS) is 9.94. The van der Waals surface area contributed by atoms with E-state index in [0.717, 1.165) is 0 Å². The quantitative estimate of drug-likeness (QED) is 0.820. The Kier molecular flexibility index (Phi) is 4.71. The Morgan fingerprint density at radius 3 is 2.56 bits per heavy atom. The van der Waals surface area contributed by atoms with Crippen LogP contribution < -0.4 is 0 Å². The van der Waals surface area contributed by atoms with Crippen molar-refractivity contribution in [3.8, 4) is 5.75 Å². The molecule has 0 aliphatic carbocycles. The summed E-state index contributed by atoms with van der Waals surface area (Å²) < 4.78 is 4.55. The molecular formula is C13H17NO4. The summed E-state index contributed by atoms with van der Waals surface area (Å²) in [5.74, 6) is -0.595. The maximum Gasteiger partial charge on any atom is 0.325 e. The van der Waals surface area contributed by atoms with Gasteiger partial charge in [0, 0.05) is 12.1 Å². The topological polar surface area (TPSA) is 66.8 Å². The summed E-state index contributed by atoms with van der Waals surface area (Å²) in [7, 11) is 1.28. The molecule has 0 aromatic heterocycles. The van der Waals surface area contributed by atoms with Gasteiger partial charge in [0.2, 0.25) is 0 Å². The number of aryl methyl sites for hydroxylation is 1. The summed E-state index contributed by atoms with van der Waals surface area (Å²) in [6.45, 7) is 3.86. The van der Waals surface area contributed by atoms with Crippen LogP contribution in [-0.2, 0) is 9.53 Å². The van der Waals surface area contributed by atoms with Crippen molar-refractivity contribution in [2.24, 2.45) is 0 Å². The first kappa shape index (κ1) is 14.0. The number of aromatic hydroxyl groups is 1. The molecule has 1 aromatic rings. The molecule has 0 saturated heterocycles. The molecule has 18 heavy (non-hydrogen) atoms. The first-order valence-electron chi connectivity index (χ1n) is 5.65. The highest BCUT2D eigenvalue weighted by molar-refractivity contribution is 5.97. The monoisotopic (exact) mass is 251 g/mol. The number of likely N-dealkylation sites (N-methyl/N-ethyl adjacent to an activating group) is 1. The van der Waals surface area contributed by atoms with Crippen molar-refractivity contribution in [3.05, 3.63) is 29.3 Å². The van der Waals surface area contributed by atoms with Crippen molar-refractivity contribution in [1.82, 2.24) is 4.90 Å². The zero-order valence-electron chi connectivity index (χ0n) is 10.8. The minimum absolute atomic E-state index is 0.0772. The van der Waals surface area contributed by atoms with Gasteiger partial charge in [-0.15, -0.1) is 0 Å². The smallest absolute Gasteiger partial charge is 0.325 e. The first-order valence-corrected chi connectivity index (χ1v) is 5.65. The Labute approximate surface area is 106 Å². The second-order valence-corrected chi connectivity index (χ2v) is 3.89. The van der Waals surface area contributed by atoms with Gasteiger partial charge in [-0.1, -0.05) is 0 Å². The molecule has 1 amide bonds. The van der Waals surface area contributed by atoms with Crippen LogP contribution in [0.1, 0.15) is 22.8 Å². The molecule has 1 aromatic carbocycles. The highest BCUT2D eigenvalue weighted by Gasteiger charge is 2.19. The lowest BCUT2D eigenvalue weighted by Gasteiger charge is -2.20.